The van der Waals surface area contributed by atoms with Gasteiger partial charge < -0.3 is 9.47 Å². The molecule has 0 rings (SSSR count). The topological polar surface area (TPSA) is 69.7 Å². The molecule has 0 heterocycles. The summed E-state index contributed by atoms with van der Waals surface area (Å²) in [5.41, 5.74) is 0. The third kappa shape index (κ3) is 15.9. The molecule has 0 aliphatic carbocycles. The Hall–Kier alpha value is -1.10. The summed E-state index contributed by atoms with van der Waals surface area (Å²) in [6.07, 6.45) is 11.4. The molecule has 5 nitrogen and oxygen atoms in total. The minimum absolute atomic E-state index is 0.0574. The molecule has 0 amide bonds. The van der Waals surface area contributed by atoms with Crippen molar-refractivity contribution in [3.05, 3.63) is 0 Å². The van der Waals surface area contributed by atoms with Crippen LogP contribution in [0.25, 0.3) is 0 Å². The Balaban J connectivity index is 4.06. The summed E-state index contributed by atoms with van der Waals surface area (Å²) < 4.78 is 10.3. The Labute approximate surface area is 175 Å². The molecule has 2 atom stereocenters. The van der Waals surface area contributed by atoms with E-state index in [1.54, 1.807) is 6.92 Å². The van der Waals surface area contributed by atoms with E-state index in [-0.39, 0.29) is 29.2 Å². The summed E-state index contributed by atoms with van der Waals surface area (Å²) >= 11 is 5.78. The van der Waals surface area contributed by atoms with Crippen LogP contribution in [0.4, 0.5) is 0 Å². The van der Waals surface area contributed by atoms with E-state index in [0.29, 0.717) is 13.0 Å². The number of hydrogen-bond acceptors (Lipinski definition) is 5. The molecule has 0 saturated heterocycles. The van der Waals surface area contributed by atoms with Gasteiger partial charge in [0.15, 0.2) is 0 Å². The summed E-state index contributed by atoms with van der Waals surface area (Å²) in [5, 5.41) is -0.276. The van der Waals surface area contributed by atoms with Crippen LogP contribution in [0.5, 0.6) is 0 Å². The van der Waals surface area contributed by atoms with Gasteiger partial charge in [0.25, 0.3) is 0 Å². The lowest BCUT2D eigenvalue weighted by Crippen LogP contribution is -2.17. The van der Waals surface area contributed by atoms with Gasteiger partial charge in [0.1, 0.15) is 6.10 Å². The van der Waals surface area contributed by atoms with Gasteiger partial charge >= 0.3 is 11.9 Å². The number of carbonyl (C=O) groups excluding carboxylic acids is 3. The van der Waals surface area contributed by atoms with E-state index in [2.05, 4.69) is 6.92 Å². The molecule has 164 valence electrons. The molecule has 0 fully saturated rings. The van der Waals surface area contributed by atoms with Crippen molar-refractivity contribution < 1.29 is 23.9 Å². The normalized spacial score (nSPS) is 13.0. The minimum atomic E-state index is -0.276. The SMILES string of the molecule is CCCCC[C@@H](CCCC(CCCCCCC(=O)OCC)C(=O)Cl)OC(C)=O. The zero-order chi connectivity index (χ0) is 21.2. The first-order chi connectivity index (χ1) is 13.4. The van der Waals surface area contributed by atoms with Gasteiger partial charge in [-0.15, -0.1) is 0 Å². The van der Waals surface area contributed by atoms with Crippen LogP contribution in [0.1, 0.15) is 104 Å². The molecule has 0 N–H and O–H groups in total. The van der Waals surface area contributed by atoms with Crippen LogP contribution in [0.15, 0.2) is 0 Å². The van der Waals surface area contributed by atoms with E-state index < -0.39 is 0 Å². The number of ether oxygens (including phenoxy) is 2. The second kappa shape index (κ2) is 18.0. The lowest BCUT2D eigenvalue weighted by atomic mass is 9.94. The van der Waals surface area contributed by atoms with Gasteiger partial charge in [-0.25, -0.2) is 0 Å². The van der Waals surface area contributed by atoms with Gasteiger partial charge in [0.05, 0.1) is 6.61 Å². The Morgan fingerprint density at radius 3 is 2.04 bits per heavy atom. The van der Waals surface area contributed by atoms with E-state index in [1.807, 2.05) is 0 Å². The maximum Gasteiger partial charge on any atom is 0.305 e. The fourth-order valence-corrected chi connectivity index (χ4v) is 3.55. The summed E-state index contributed by atoms with van der Waals surface area (Å²) in [6.45, 7) is 5.82. The zero-order valence-electron chi connectivity index (χ0n) is 18.0. The summed E-state index contributed by atoms with van der Waals surface area (Å²) in [6, 6.07) is 0. The van der Waals surface area contributed by atoms with Gasteiger partial charge in [-0.3, -0.25) is 14.4 Å². The van der Waals surface area contributed by atoms with Gasteiger partial charge in [-0.2, -0.15) is 0 Å². The molecule has 0 spiro atoms. The number of rotatable bonds is 18. The lowest BCUT2D eigenvalue weighted by Gasteiger charge is -2.18. The molecule has 0 aliphatic heterocycles. The Morgan fingerprint density at radius 1 is 0.821 bits per heavy atom. The highest BCUT2D eigenvalue weighted by Gasteiger charge is 2.18. The smallest absolute Gasteiger partial charge is 0.305 e. The van der Waals surface area contributed by atoms with Gasteiger partial charge in [-0.05, 0) is 63.5 Å². The van der Waals surface area contributed by atoms with Crippen molar-refractivity contribution in [3.8, 4) is 0 Å². The van der Waals surface area contributed by atoms with Crippen LogP contribution in [0.3, 0.4) is 0 Å². The second-order valence-corrected chi connectivity index (χ2v) is 7.79. The lowest BCUT2D eigenvalue weighted by molar-refractivity contribution is -0.147. The Bertz CT molecular complexity index is 439. The molecule has 0 bridgehead atoms. The highest BCUT2D eigenvalue weighted by molar-refractivity contribution is 6.63. The quantitative estimate of drug-likeness (QED) is 0.156. The zero-order valence-corrected chi connectivity index (χ0v) is 18.7. The fourth-order valence-electron chi connectivity index (χ4n) is 3.33. The number of hydrogen-bond donors (Lipinski definition) is 0. The number of esters is 2. The minimum Gasteiger partial charge on any atom is -0.466 e. The van der Waals surface area contributed by atoms with Crippen molar-refractivity contribution in [1.82, 2.24) is 0 Å². The fraction of sp³-hybridized carbons (Fsp3) is 0.864. The molecule has 0 aromatic rings. The first-order valence-electron chi connectivity index (χ1n) is 10.9. The molecule has 0 aromatic heterocycles. The van der Waals surface area contributed by atoms with Crippen molar-refractivity contribution in [1.29, 1.82) is 0 Å². The molecule has 6 heteroatoms. The van der Waals surface area contributed by atoms with Crippen molar-refractivity contribution in [3.63, 3.8) is 0 Å². The first kappa shape index (κ1) is 26.9. The largest absolute Gasteiger partial charge is 0.466 e. The molecule has 0 aliphatic rings. The number of unbranched alkanes of at least 4 members (excludes halogenated alkanes) is 5. The predicted octanol–water partition coefficient (Wildman–Crippen LogP) is 5.95. The third-order valence-electron chi connectivity index (χ3n) is 4.85. The molecule has 0 radical (unpaired) electrons. The van der Waals surface area contributed by atoms with Crippen LogP contribution in [0, 0.1) is 5.92 Å². The highest BCUT2D eigenvalue weighted by Crippen LogP contribution is 2.22. The Kier molecular flexibility index (Phi) is 17.3. The average Bonchev–Trinajstić information content (AvgIpc) is 2.62. The highest BCUT2D eigenvalue weighted by atomic mass is 35.5. The van der Waals surface area contributed by atoms with Gasteiger partial charge in [0, 0.05) is 19.3 Å². The van der Waals surface area contributed by atoms with E-state index in [1.165, 1.54) is 6.92 Å². The first-order valence-corrected chi connectivity index (χ1v) is 11.3. The molecule has 28 heavy (non-hydrogen) atoms. The summed E-state index contributed by atoms with van der Waals surface area (Å²) in [5.74, 6) is -0.521. The average molecular weight is 419 g/mol. The van der Waals surface area contributed by atoms with Crippen molar-refractivity contribution >= 4 is 28.8 Å². The van der Waals surface area contributed by atoms with Gasteiger partial charge in [-0.1, -0.05) is 39.0 Å². The van der Waals surface area contributed by atoms with Crippen molar-refractivity contribution in [2.24, 2.45) is 5.92 Å². The van der Waals surface area contributed by atoms with Crippen LogP contribution >= 0.6 is 11.6 Å². The molecular formula is C22H39ClO5. The van der Waals surface area contributed by atoms with Crippen LogP contribution in [0.2, 0.25) is 0 Å². The van der Waals surface area contributed by atoms with Gasteiger partial charge in [0.2, 0.25) is 5.24 Å². The van der Waals surface area contributed by atoms with E-state index in [9.17, 15) is 14.4 Å². The Morgan fingerprint density at radius 2 is 1.43 bits per heavy atom. The predicted molar refractivity (Wildman–Crippen MR) is 112 cm³/mol. The second-order valence-electron chi connectivity index (χ2n) is 7.42. The van der Waals surface area contributed by atoms with Crippen molar-refractivity contribution in [2.75, 3.05) is 6.61 Å². The van der Waals surface area contributed by atoms with E-state index >= 15 is 0 Å². The standard InChI is InChI=1S/C22H39ClO5/c1-4-6-9-15-20(28-18(3)24)16-12-14-19(22(23)26)13-10-7-8-11-17-21(25)27-5-2/h19-20H,4-17H2,1-3H3/t19?,20-/m0/s1. The number of halogens is 1. The third-order valence-corrected chi connectivity index (χ3v) is 5.16. The monoisotopic (exact) mass is 418 g/mol. The van der Waals surface area contributed by atoms with Crippen LogP contribution in [-0.4, -0.2) is 29.9 Å². The van der Waals surface area contributed by atoms with Crippen LogP contribution in [-0.2, 0) is 23.9 Å². The summed E-state index contributed by atoms with van der Waals surface area (Å²) in [4.78, 5) is 34.3. The van der Waals surface area contributed by atoms with Crippen molar-refractivity contribution in [2.45, 2.75) is 110 Å². The molecule has 1 unspecified atom stereocenters. The maximum atomic E-state index is 11.7. The molecule has 0 aromatic carbocycles. The van der Waals surface area contributed by atoms with Crippen LogP contribution < -0.4 is 0 Å². The van der Waals surface area contributed by atoms with E-state index in [0.717, 1.165) is 77.0 Å². The summed E-state index contributed by atoms with van der Waals surface area (Å²) in [7, 11) is 0. The molecule has 0 saturated carbocycles. The number of carbonyl (C=O) groups is 3. The maximum absolute atomic E-state index is 11.7. The molecular weight excluding hydrogens is 380 g/mol. The van der Waals surface area contributed by atoms with E-state index in [4.69, 9.17) is 21.1 Å².